The molecule has 0 fully saturated rings. The molecule has 0 spiro atoms. The van der Waals surface area contributed by atoms with Gasteiger partial charge in [0.2, 0.25) is 0 Å². The molecule has 0 radical (unpaired) electrons. The number of allylic oxidation sites excluding steroid dienone is 1. The Morgan fingerprint density at radius 2 is 1.83 bits per heavy atom. The average Bonchev–Trinajstić information content (AvgIpc) is 1.85. The van der Waals surface area contributed by atoms with E-state index in [-0.39, 0.29) is 11.3 Å². The van der Waals surface area contributed by atoms with Crippen LogP contribution in [0.2, 0.25) is 0 Å². The third-order valence-electron chi connectivity index (χ3n) is 1.28. The molecule has 0 aliphatic carbocycles. The maximum Gasteiger partial charge on any atom is 0.342 e. The summed E-state index contributed by atoms with van der Waals surface area (Å²) in [5.41, 5.74) is -0.281. The van der Waals surface area contributed by atoms with Crippen molar-refractivity contribution in [3.63, 3.8) is 0 Å². The van der Waals surface area contributed by atoms with Crippen molar-refractivity contribution in [1.82, 2.24) is 0 Å². The molecular weight excluding hydrogens is 160 g/mol. The molecule has 0 aliphatic heterocycles. The minimum Gasteiger partial charge on any atom is -0.497 e. The molecule has 0 rings (SSSR count). The van der Waals surface area contributed by atoms with Crippen LogP contribution in [0.4, 0.5) is 0 Å². The minimum absolute atomic E-state index is 0.164. The Morgan fingerprint density at radius 1 is 1.33 bits per heavy atom. The van der Waals surface area contributed by atoms with E-state index in [4.69, 9.17) is 9.84 Å². The van der Waals surface area contributed by atoms with Gasteiger partial charge in [-0.15, -0.1) is 0 Å². The zero-order valence-corrected chi connectivity index (χ0v) is 7.38. The molecule has 12 heavy (non-hydrogen) atoms. The van der Waals surface area contributed by atoms with Crippen molar-refractivity contribution in [1.29, 1.82) is 0 Å². The highest BCUT2D eigenvalue weighted by atomic mass is 16.5. The number of carboxylic acid groups (broad SMARTS) is 1. The van der Waals surface area contributed by atoms with E-state index < -0.39 is 11.8 Å². The molecular formula is C8H12O4. The van der Waals surface area contributed by atoms with Gasteiger partial charge in [0.1, 0.15) is 11.3 Å². The highest BCUT2D eigenvalue weighted by Gasteiger charge is 2.17. The van der Waals surface area contributed by atoms with Gasteiger partial charge in [0, 0.05) is 0 Å². The summed E-state index contributed by atoms with van der Waals surface area (Å²) in [4.78, 5) is 21.3. The second-order valence-corrected chi connectivity index (χ2v) is 2.23. The highest BCUT2D eigenvalue weighted by molar-refractivity contribution is 6.15. The number of carbonyl (C=O) groups is 2. The molecule has 0 aromatic heterocycles. The summed E-state index contributed by atoms with van der Waals surface area (Å²) in [5, 5.41) is 8.58. The Balaban J connectivity index is 4.80. The van der Waals surface area contributed by atoms with Crippen molar-refractivity contribution >= 4 is 11.8 Å². The molecule has 1 N–H and O–H groups in total. The quantitative estimate of drug-likeness (QED) is 0.297. The largest absolute Gasteiger partial charge is 0.497 e. The predicted octanol–water partition coefficient (Wildman–Crippen LogP) is 0.970. The lowest BCUT2D eigenvalue weighted by molar-refractivity contribution is -0.134. The Labute approximate surface area is 70.8 Å². The van der Waals surface area contributed by atoms with Gasteiger partial charge in [-0.3, -0.25) is 4.79 Å². The summed E-state index contributed by atoms with van der Waals surface area (Å²) in [7, 11) is 0. The highest BCUT2D eigenvalue weighted by Crippen LogP contribution is 2.06. The summed E-state index contributed by atoms with van der Waals surface area (Å²) in [6.45, 7) is 4.75. The fourth-order valence-corrected chi connectivity index (χ4v) is 0.838. The lowest BCUT2D eigenvalue weighted by Gasteiger charge is -2.05. The fourth-order valence-electron chi connectivity index (χ4n) is 0.838. The number of ether oxygens (including phenoxy) is 1. The maximum absolute atomic E-state index is 10.8. The van der Waals surface area contributed by atoms with Crippen molar-refractivity contribution < 1.29 is 19.4 Å². The van der Waals surface area contributed by atoms with Crippen LogP contribution in [0.3, 0.4) is 0 Å². The van der Waals surface area contributed by atoms with Crippen LogP contribution >= 0.6 is 0 Å². The van der Waals surface area contributed by atoms with Gasteiger partial charge in [-0.1, -0.05) is 0 Å². The number of Topliss-reactive ketones (excluding diaryl/α,β-unsaturated/α-hetero) is 1. The van der Waals surface area contributed by atoms with Gasteiger partial charge < -0.3 is 9.84 Å². The summed E-state index contributed by atoms with van der Waals surface area (Å²) >= 11 is 0. The zero-order chi connectivity index (χ0) is 9.72. The summed E-state index contributed by atoms with van der Waals surface area (Å²) < 4.78 is 4.90. The fraction of sp³-hybridized carbons (Fsp3) is 0.500. The number of aliphatic carboxylic acids is 1. The molecule has 4 nitrogen and oxygen atoms in total. The van der Waals surface area contributed by atoms with E-state index in [0.29, 0.717) is 6.61 Å². The summed E-state index contributed by atoms with van der Waals surface area (Å²) in [6.07, 6.45) is 0. The normalized spacial score (nSPS) is 11.9. The van der Waals surface area contributed by atoms with Crippen LogP contribution in [0.1, 0.15) is 20.8 Å². The first-order valence-corrected chi connectivity index (χ1v) is 3.58. The van der Waals surface area contributed by atoms with Gasteiger partial charge in [-0.25, -0.2) is 4.79 Å². The molecule has 0 aliphatic rings. The molecule has 0 saturated heterocycles. The monoisotopic (exact) mass is 172 g/mol. The van der Waals surface area contributed by atoms with E-state index in [0.717, 1.165) is 0 Å². The molecule has 0 amide bonds. The summed E-state index contributed by atoms with van der Waals surface area (Å²) in [5.74, 6) is -1.57. The van der Waals surface area contributed by atoms with E-state index in [9.17, 15) is 9.59 Å². The Morgan fingerprint density at radius 3 is 2.08 bits per heavy atom. The lowest BCUT2D eigenvalue weighted by atomic mass is 10.1. The van der Waals surface area contributed by atoms with Gasteiger partial charge in [-0.2, -0.15) is 0 Å². The smallest absolute Gasteiger partial charge is 0.342 e. The molecule has 0 bridgehead atoms. The third-order valence-corrected chi connectivity index (χ3v) is 1.28. The van der Waals surface area contributed by atoms with E-state index in [2.05, 4.69) is 0 Å². The van der Waals surface area contributed by atoms with E-state index in [1.165, 1.54) is 13.8 Å². The predicted molar refractivity (Wildman–Crippen MR) is 42.6 cm³/mol. The van der Waals surface area contributed by atoms with Crippen LogP contribution in [-0.2, 0) is 14.3 Å². The molecule has 0 aromatic rings. The van der Waals surface area contributed by atoms with Crippen LogP contribution in [0.25, 0.3) is 0 Å². The number of ketones is 1. The number of carbonyl (C=O) groups excluding carboxylic acids is 1. The van der Waals surface area contributed by atoms with Crippen LogP contribution in [0, 0.1) is 0 Å². The van der Waals surface area contributed by atoms with Crippen molar-refractivity contribution in [2.75, 3.05) is 6.61 Å². The Hall–Kier alpha value is -1.32. The maximum atomic E-state index is 10.8. The number of hydrogen-bond donors (Lipinski definition) is 1. The number of carboxylic acids is 1. The topological polar surface area (TPSA) is 63.6 Å². The van der Waals surface area contributed by atoms with E-state index in [1.807, 2.05) is 0 Å². The van der Waals surface area contributed by atoms with Crippen LogP contribution < -0.4 is 0 Å². The SMILES string of the molecule is CCO/C(C)=C(/C(C)=O)C(=O)O. The van der Waals surface area contributed by atoms with Gasteiger partial charge in [0.25, 0.3) is 0 Å². The molecule has 0 unspecified atom stereocenters. The van der Waals surface area contributed by atoms with Crippen molar-refractivity contribution in [3.05, 3.63) is 11.3 Å². The van der Waals surface area contributed by atoms with Gasteiger partial charge in [0.05, 0.1) is 6.61 Å². The van der Waals surface area contributed by atoms with Crippen LogP contribution in [0.15, 0.2) is 11.3 Å². The second kappa shape index (κ2) is 4.54. The molecule has 4 heteroatoms. The molecule has 0 atom stereocenters. The second-order valence-electron chi connectivity index (χ2n) is 2.23. The van der Waals surface area contributed by atoms with Gasteiger partial charge >= 0.3 is 5.97 Å². The standard InChI is InChI=1S/C8H12O4/c1-4-12-6(3)7(5(2)9)8(10)11/h4H2,1-3H3,(H,10,11)/b7-6-. The molecule has 68 valence electrons. The number of rotatable bonds is 4. The van der Waals surface area contributed by atoms with Gasteiger partial charge in [-0.05, 0) is 20.8 Å². The Kier molecular flexibility index (Phi) is 4.04. The lowest BCUT2D eigenvalue weighted by Crippen LogP contribution is -2.12. The third kappa shape index (κ3) is 2.74. The van der Waals surface area contributed by atoms with E-state index >= 15 is 0 Å². The molecule has 0 aromatic carbocycles. The first-order valence-electron chi connectivity index (χ1n) is 3.58. The average molecular weight is 172 g/mol. The first kappa shape index (κ1) is 10.7. The van der Waals surface area contributed by atoms with Crippen molar-refractivity contribution in [2.45, 2.75) is 20.8 Å². The summed E-state index contributed by atoms with van der Waals surface area (Å²) in [6, 6.07) is 0. The van der Waals surface area contributed by atoms with Crippen LogP contribution in [-0.4, -0.2) is 23.5 Å². The minimum atomic E-state index is -1.24. The van der Waals surface area contributed by atoms with Crippen molar-refractivity contribution in [2.24, 2.45) is 0 Å². The molecule has 0 heterocycles. The van der Waals surface area contributed by atoms with Gasteiger partial charge in [0.15, 0.2) is 5.78 Å². The van der Waals surface area contributed by atoms with Crippen molar-refractivity contribution in [3.8, 4) is 0 Å². The first-order chi connectivity index (χ1) is 5.50. The zero-order valence-electron chi connectivity index (χ0n) is 7.38. The Bertz CT molecular complexity index is 211. The number of hydrogen-bond acceptors (Lipinski definition) is 3. The van der Waals surface area contributed by atoms with E-state index in [1.54, 1.807) is 6.92 Å². The molecule has 0 saturated carbocycles. The van der Waals surface area contributed by atoms with Crippen LogP contribution in [0.5, 0.6) is 0 Å².